The van der Waals surface area contributed by atoms with E-state index in [4.69, 9.17) is 5.11 Å². The van der Waals surface area contributed by atoms with E-state index in [0.29, 0.717) is 4.88 Å². The van der Waals surface area contributed by atoms with Crippen LogP contribution in [0.5, 0.6) is 0 Å². The van der Waals surface area contributed by atoms with E-state index in [0.717, 1.165) is 9.40 Å². The molecule has 0 saturated heterocycles. The molecule has 0 aliphatic rings. The van der Waals surface area contributed by atoms with E-state index in [1.165, 1.54) is 11.3 Å². The van der Waals surface area contributed by atoms with E-state index >= 15 is 0 Å². The molecule has 0 aliphatic carbocycles. The largest absolute Gasteiger partial charge is 0.481 e. The van der Waals surface area contributed by atoms with E-state index in [-0.39, 0.29) is 24.9 Å². The SMILES string of the molecule is CC(C)N(CCC(=O)O)C(=O)c1cc2sccc2s1. The van der Waals surface area contributed by atoms with Gasteiger partial charge in [-0.25, -0.2) is 0 Å². The zero-order chi connectivity index (χ0) is 14.0. The molecule has 2 heterocycles. The summed E-state index contributed by atoms with van der Waals surface area (Å²) in [6, 6.07) is 3.88. The summed E-state index contributed by atoms with van der Waals surface area (Å²) in [4.78, 5) is 25.4. The maximum absolute atomic E-state index is 12.4. The number of aliphatic carboxylic acids is 1. The molecule has 0 atom stereocenters. The summed E-state index contributed by atoms with van der Waals surface area (Å²) < 4.78 is 2.21. The minimum absolute atomic E-state index is 0.00742. The molecular weight excluding hydrogens is 282 g/mol. The summed E-state index contributed by atoms with van der Waals surface area (Å²) in [6.45, 7) is 4.04. The number of carboxylic acid groups (broad SMARTS) is 1. The first-order valence-corrected chi connectivity index (χ1v) is 7.68. The highest BCUT2D eigenvalue weighted by Crippen LogP contribution is 2.31. The van der Waals surface area contributed by atoms with Gasteiger partial charge in [0.1, 0.15) is 0 Å². The Kier molecular flexibility index (Phi) is 4.21. The lowest BCUT2D eigenvalue weighted by atomic mass is 10.2. The van der Waals surface area contributed by atoms with E-state index in [9.17, 15) is 9.59 Å². The van der Waals surface area contributed by atoms with Crippen LogP contribution < -0.4 is 0 Å². The number of fused-ring (bicyclic) bond motifs is 1. The molecule has 2 aromatic heterocycles. The average molecular weight is 297 g/mol. The molecule has 0 aromatic carbocycles. The molecule has 2 aromatic rings. The van der Waals surface area contributed by atoms with Gasteiger partial charge in [0.05, 0.1) is 11.3 Å². The molecule has 6 heteroatoms. The van der Waals surface area contributed by atoms with Crippen LogP contribution >= 0.6 is 22.7 Å². The number of rotatable bonds is 5. The third-order valence-electron chi connectivity index (χ3n) is 2.80. The van der Waals surface area contributed by atoms with E-state index < -0.39 is 5.97 Å². The molecule has 102 valence electrons. The Labute approximate surface area is 119 Å². The van der Waals surface area contributed by atoms with Gasteiger partial charge in [0, 0.05) is 22.0 Å². The van der Waals surface area contributed by atoms with Gasteiger partial charge in [0.15, 0.2) is 0 Å². The Balaban J connectivity index is 2.18. The average Bonchev–Trinajstić information content (AvgIpc) is 2.87. The molecule has 0 fully saturated rings. The lowest BCUT2D eigenvalue weighted by Gasteiger charge is -2.25. The van der Waals surface area contributed by atoms with E-state index in [2.05, 4.69) is 0 Å². The lowest BCUT2D eigenvalue weighted by molar-refractivity contribution is -0.137. The number of hydrogen-bond acceptors (Lipinski definition) is 4. The first-order valence-electron chi connectivity index (χ1n) is 5.99. The Hall–Kier alpha value is -1.40. The van der Waals surface area contributed by atoms with Crippen molar-refractivity contribution < 1.29 is 14.7 Å². The highest BCUT2D eigenvalue weighted by Gasteiger charge is 2.21. The van der Waals surface area contributed by atoms with Gasteiger partial charge in [-0.15, -0.1) is 22.7 Å². The Morgan fingerprint density at radius 3 is 2.68 bits per heavy atom. The number of thiophene rings is 2. The van der Waals surface area contributed by atoms with Crippen LogP contribution in [0.3, 0.4) is 0 Å². The van der Waals surface area contributed by atoms with Gasteiger partial charge < -0.3 is 10.0 Å². The van der Waals surface area contributed by atoms with E-state index in [1.807, 2.05) is 31.4 Å². The number of hydrogen-bond donors (Lipinski definition) is 1. The molecule has 1 amide bonds. The van der Waals surface area contributed by atoms with Crippen LogP contribution in [0.4, 0.5) is 0 Å². The third-order valence-corrected chi connectivity index (χ3v) is 4.88. The second kappa shape index (κ2) is 5.71. The van der Waals surface area contributed by atoms with Gasteiger partial charge in [0.2, 0.25) is 0 Å². The van der Waals surface area contributed by atoms with Gasteiger partial charge in [-0.05, 0) is 31.4 Å². The van der Waals surface area contributed by atoms with Gasteiger partial charge in [0.25, 0.3) is 5.91 Å². The monoisotopic (exact) mass is 297 g/mol. The number of amides is 1. The lowest BCUT2D eigenvalue weighted by Crippen LogP contribution is -2.38. The summed E-state index contributed by atoms with van der Waals surface area (Å²) in [7, 11) is 0. The van der Waals surface area contributed by atoms with Gasteiger partial charge in [-0.1, -0.05) is 0 Å². The Morgan fingerprint density at radius 1 is 1.37 bits per heavy atom. The molecule has 0 aliphatic heterocycles. The smallest absolute Gasteiger partial charge is 0.305 e. The first-order chi connectivity index (χ1) is 8.99. The molecule has 1 N–H and O–H groups in total. The molecule has 19 heavy (non-hydrogen) atoms. The van der Waals surface area contributed by atoms with Crippen molar-refractivity contribution in [3.05, 3.63) is 22.4 Å². The highest BCUT2D eigenvalue weighted by molar-refractivity contribution is 7.27. The van der Waals surface area contributed by atoms with Crippen LogP contribution in [0.2, 0.25) is 0 Å². The zero-order valence-corrected chi connectivity index (χ0v) is 12.4. The quantitative estimate of drug-likeness (QED) is 0.921. The van der Waals surface area contributed by atoms with Crippen molar-refractivity contribution >= 4 is 43.9 Å². The van der Waals surface area contributed by atoms with Crippen LogP contribution in [0.25, 0.3) is 9.40 Å². The summed E-state index contributed by atoms with van der Waals surface area (Å²) in [6.07, 6.45) is -0.0241. The second-order valence-corrected chi connectivity index (χ2v) is 6.53. The van der Waals surface area contributed by atoms with Crippen LogP contribution in [0.1, 0.15) is 29.9 Å². The van der Waals surface area contributed by atoms with Crippen LogP contribution in [0, 0.1) is 0 Å². The maximum atomic E-state index is 12.4. The predicted octanol–water partition coefficient (Wildman–Crippen LogP) is 3.29. The minimum Gasteiger partial charge on any atom is -0.481 e. The fourth-order valence-corrected chi connectivity index (χ4v) is 3.89. The molecule has 0 radical (unpaired) electrons. The van der Waals surface area contributed by atoms with Crippen molar-refractivity contribution in [1.82, 2.24) is 4.90 Å². The fourth-order valence-electron chi connectivity index (χ4n) is 1.82. The highest BCUT2D eigenvalue weighted by atomic mass is 32.1. The molecule has 0 spiro atoms. The van der Waals surface area contributed by atoms with Crippen LogP contribution in [0.15, 0.2) is 17.5 Å². The standard InChI is InChI=1S/C13H15NO3S2/c1-8(2)14(5-3-12(15)16)13(17)11-7-10-9(19-11)4-6-18-10/h4,6-8H,3,5H2,1-2H3,(H,15,16). The normalized spacial score (nSPS) is 11.1. The summed E-state index contributed by atoms with van der Waals surface area (Å²) in [5.41, 5.74) is 0. The molecule has 2 rings (SSSR count). The van der Waals surface area contributed by atoms with Crippen molar-refractivity contribution in [2.24, 2.45) is 0 Å². The van der Waals surface area contributed by atoms with Crippen molar-refractivity contribution in [3.8, 4) is 0 Å². The number of carbonyl (C=O) groups is 2. The fraction of sp³-hybridized carbons (Fsp3) is 0.385. The number of carbonyl (C=O) groups excluding carboxylic acids is 1. The molecular formula is C13H15NO3S2. The van der Waals surface area contributed by atoms with Gasteiger partial charge in [-0.3, -0.25) is 9.59 Å². The van der Waals surface area contributed by atoms with Gasteiger partial charge in [-0.2, -0.15) is 0 Å². The summed E-state index contributed by atoms with van der Waals surface area (Å²) in [5, 5.41) is 10.7. The Morgan fingerprint density at radius 2 is 2.11 bits per heavy atom. The van der Waals surface area contributed by atoms with Crippen LogP contribution in [-0.4, -0.2) is 34.5 Å². The third kappa shape index (κ3) is 3.13. The van der Waals surface area contributed by atoms with Crippen molar-refractivity contribution in [2.75, 3.05) is 6.54 Å². The van der Waals surface area contributed by atoms with E-state index in [1.54, 1.807) is 16.2 Å². The molecule has 4 nitrogen and oxygen atoms in total. The zero-order valence-electron chi connectivity index (χ0n) is 10.8. The maximum Gasteiger partial charge on any atom is 0.305 e. The molecule has 0 unspecified atom stereocenters. The topological polar surface area (TPSA) is 57.6 Å². The summed E-state index contributed by atoms with van der Waals surface area (Å²) >= 11 is 3.07. The molecule has 0 saturated carbocycles. The van der Waals surface area contributed by atoms with Gasteiger partial charge >= 0.3 is 5.97 Å². The first kappa shape index (κ1) is 14.0. The minimum atomic E-state index is -0.884. The van der Waals surface area contributed by atoms with Crippen molar-refractivity contribution in [1.29, 1.82) is 0 Å². The van der Waals surface area contributed by atoms with Crippen molar-refractivity contribution in [3.63, 3.8) is 0 Å². The molecule has 0 bridgehead atoms. The summed E-state index contributed by atoms with van der Waals surface area (Å²) in [5.74, 6) is -0.963. The predicted molar refractivity (Wildman–Crippen MR) is 78.1 cm³/mol. The Bertz CT molecular complexity index is 571. The van der Waals surface area contributed by atoms with Crippen molar-refractivity contribution in [2.45, 2.75) is 26.3 Å². The number of nitrogens with zero attached hydrogens (tertiary/aromatic N) is 1. The van der Waals surface area contributed by atoms with Crippen LogP contribution in [-0.2, 0) is 4.79 Å². The number of carboxylic acids is 1. The second-order valence-electron chi connectivity index (χ2n) is 4.50.